The minimum atomic E-state index is 0.562. The van der Waals surface area contributed by atoms with Crippen molar-refractivity contribution in [3.05, 3.63) is 11.8 Å². The van der Waals surface area contributed by atoms with Crippen molar-refractivity contribution in [2.45, 2.75) is 6.42 Å². The average Bonchev–Trinajstić information content (AvgIpc) is 1.78. The Morgan fingerprint density at radius 1 is 1.56 bits per heavy atom. The summed E-state index contributed by atoms with van der Waals surface area (Å²) in [5.74, 6) is 0.562. The highest BCUT2D eigenvalue weighted by atomic mass is 16.3. The Hall–Kier alpha value is -0.500. The fourth-order valence-corrected chi connectivity index (χ4v) is 0.963. The fraction of sp³-hybridized carbons (Fsp3) is 0.714. The standard InChI is InChI=1S/C7H13NO/c1-8(2)5-3-7(9)4-6-8/h3H,4-6H2,1-2H3/p+1. The van der Waals surface area contributed by atoms with Gasteiger partial charge in [-0.05, 0) is 0 Å². The number of aliphatic hydroxyl groups is 1. The monoisotopic (exact) mass is 128 g/mol. The lowest BCUT2D eigenvalue weighted by Crippen LogP contribution is -2.42. The highest BCUT2D eigenvalue weighted by molar-refractivity contribution is 4.93. The maximum absolute atomic E-state index is 8.99. The van der Waals surface area contributed by atoms with Gasteiger partial charge in [-0.15, -0.1) is 0 Å². The molecule has 52 valence electrons. The lowest BCUT2D eigenvalue weighted by atomic mass is 10.2. The summed E-state index contributed by atoms with van der Waals surface area (Å²) in [4.78, 5) is 0. The summed E-state index contributed by atoms with van der Waals surface area (Å²) in [7, 11) is 4.34. The molecular weight excluding hydrogens is 114 g/mol. The van der Waals surface area contributed by atoms with Crippen molar-refractivity contribution in [2.75, 3.05) is 27.2 Å². The van der Waals surface area contributed by atoms with Crippen LogP contribution in [0.3, 0.4) is 0 Å². The van der Waals surface area contributed by atoms with Crippen LogP contribution in [0.15, 0.2) is 11.8 Å². The Bertz CT molecular complexity index is 138. The topological polar surface area (TPSA) is 20.2 Å². The lowest BCUT2D eigenvalue weighted by Gasteiger charge is -2.31. The normalized spacial score (nSPS) is 25.3. The Morgan fingerprint density at radius 3 is 2.56 bits per heavy atom. The van der Waals surface area contributed by atoms with Crippen LogP contribution in [0.4, 0.5) is 0 Å². The Labute approximate surface area is 56.0 Å². The molecule has 1 heterocycles. The molecule has 1 aliphatic rings. The molecule has 0 aromatic rings. The van der Waals surface area contributed by atoms with E-state index in [1.54, 1.807) is 0 Å². The molecule has 1 N–H and O–H groups in total. The summed E-state index contributed by atoms with van der Waals surface area (Å²) < 4.78 is 1.00. The van der Waals surface area contributed by atoms with E-state index in [4.69, 9.17) is 5.11 Å². The first-order valence-corrected chi connectivity index (χ1v) is 3.30. The molecule has 0 unspecified atom stereocenters. The van der Waals surface area contributed by atoms with E-state index >= 15 is 0 Å². The molecule has 0 atom stereocenters. The molecule has 0 amide bonds. The van der Waals surface area contributed by atoms with E-state index in [1.807, 2.05) is 6.08 Å². The summed E-state index contributed by atoms with van der Waals surface area (Å²) >= 11 is 0. The SMILES string of the molecule is C[N+]1(C)CC=C(O)CC1. The molecule has 0 spiro atoms. The van der Waals surface area contributed by atoms with E-state index in [0.29, 0.717) is 5.76 Å². The zero-order valence-corrected chi connectivity index (χ0v) is 6.09. The van der Waals surface area contributed by atoms with Crippen LogP contribution in [0.25, 0.3) is 0 Å². The van der Waals surface area contributed by atoms with Crippen LogP contribution < -0.4 is 0 Å². The molecule has 0 aromatic heterocycles. The van der Waals surface area contributed by atoms with Crippen molar-refractivity contribution in [3.8, 4) is 0 Å². The van der Waals surface area contributed by atoms with Crippen molar-refractivity contribution >= 4 is 0 Å². The third kappa shape index (κ3) is 1.72. The summed E-state index contributed by atoms with van der Waals surface area (Å²) in [6.45, 7) is 2.02. The van der Waals surface area contributed by atoms with Gasteiger partial charge in [0, 0.05) is 6.08 Å². The molecule has 2 heteroatoms. The number of hydrogen-bond acceptors (Lipinski definition) is 1. The Kier molecular flexibility index (Phi) is 1.49. The molecule has 0 bridgehead atoms. The third-order valence-electron chi connectivity index (χ3n) is 1.79. The van der Waals surface area contributed by atoms with Gasteiger partial charge in [-0.3, -0.25) is 0 Å². The predicted octanol–water partition coefficient (Wildman–Crippen LogP) is 0.908. The second-order valence-electron chi connectivity index (χ2n) is 3.29. The number of nitrogens with zero attached hydrogens (tertiary/aromatic N) is 1. The van der Waals surface area contributed by atoms with Crippen LogP contribution >= 0.6 is 0 Å². The van der Waals surface area contributed by atoms with Crippen molar-refractivity contribution in [1.29, 1.82) is 0 Å². The Balaban J connectivity index is 2.56. The summed E-state index contributed by atoms with van der Waals surface area (Å²) in [6.07, 6.45) is 2.75. The molecule has 1 aliphatic heterocycles. The first-order valence-electron chi connectivity index (χ1n) is 3.30. The average molecular weight is 128 g/mol. The number of hydrogen-bond donors (Lipinski definition) is 1. The van der Waals surface area contributed by atoms with Gasteiger partial charge in [0.15, 0.2) is 0 Å². The largest absolute Gasteiger partial charge is 0.512 e. The second-order valence-corrected chi connectivity index (χ2v) is 3.29. The van der Waals surface area contributed by atoms with Gasteiger partial charge in [0.25, 0.3) is 0 Å². The van der Waals surface area contributed by atoms with Crippen molar-refractivity contribution in [3.63, 3.8) is 0 Å². The van der Waals surface area contributed by atoms with Crippen molar-refractivity contribution in [1.82, 2.24) is 0 Å². The first kappa shape index (κ1) is 6.62. The number of aliphatic hydroxyl groups excluding tert-OH is 1. The Morgan fingerprint density at radius 2 is 2.22 bits per heavy atom. The van der Waals surface area contributed by atoms with Gasteiger partial charge >= 0.3 is 0 Å². The minimum Gasteiger partial charge on any atom is -0.512 e. The van der Waals surface area contributed by atoms with Gasteiger partial charge < -0.3 is 9.59 Å². The molecule has 2 nitrogen and oxygen atoms in total. The predicted molar refractivity (Wildman–Crippen MR) is 37.2 cm³/mol. The van der Waals surface area contributed by atoms with Crippen LogP contribution in [0.5, 0.6) is 0 Å². The lowest BCUT2D eigenvalue weighted by molar-refractivity contribution is -0.886. The molecule has 0 saturated heterocycles. The van der Waals surface area contributed by atoms with E-state index < -0.39 is 0 Å². The molecular formula is C7H14NO+. The van der Waals surface area contributed by atoms with Crippen molar-refractivity contribution < 1.29 is 9.59 Å². The van der Waals surface area contributed by atoms with Crippen molar-refractivity contribution in [2.24, 2.45) is 0 Å². The minimum absolute atomic E-state index is 0.562. The highest BCUT2D eigenvalue weighted by Crippen LogP contribution is 2.10. The first-order chi connectivity index (χ1) is 4.10. The van der Waals surface area contributed by atoms with E-state index in [0.717, 1.165) is 24.0 Å². The molecule has 9 heavy (non-hydrogen) atoms. The molecule has 1 rings (SSSR count). The number of quaternary nitrogens is 1. The van der Waals surface area contributed by atoms with Gasteiger partial charge in [0.05, 0.1) is 32.8 Å². The summed E-state index contributed by atoms with van der Waals surface area (Å²) in [6, 6.07) is 0. The van der Waals surface area contributed by atoms with Crippen LogP contribution in [-0.4, -0.2) is 36.8 Å². The number of likely N-dealkylation sites (N-methyl/N-ethyl adjacent to an activating group) is 1. The quantitative estimate of drug-likeness (QED) is 0.481. The van der Waals surface area contributed by atoms with E-state index in [9.17, 15) is 0 Å². The third-order valence-corrected chi connectivity index (χ3v) is 1.79. The molecule has 0 saturated carbocycles. The van der Waals surface area contributed by atoms with Gasteiger partial charge in [0.1, 0.15) is 6.54 Å². The van der Waals surface area contributed by atoms with Gasteiger partial charge in [-0.25, -0.2) is 0 Å². The molecule has 0 radical (unpaired) electrons. The molecule has 0 fully saturated rings. The van der Waals surface area contributed by atoms with E-state index in [2.05, 4.69) is 14.1 Å². The van der Waals surface area contributed by atoms with Crippen LogP contribution in [-0.2, 0) is 0 Å². The van der Waals surface area contributed by atoms with E-state index in [-0.39, 0.29) is 0 Å². The van der Waals surface area contributed by atoms with Gasteiger partial charge in [0.2, 0.25) is 0 Å². The van der Waals surface area contributed by atoms with Crippen LogP contribution in [0.1, 0.15) is 6.42 Å². The molecule has 0 aromatic carbocycles. The highest BCUT2D eigenvalue weighted by Gasteiger charge is 2.18. The van der Waals surface area contributed by atoms with Gasteiger partial charge in [-0.1, -0.05) is 0 Å². The number of rotatable bonds is 0. The smallest absolute Gasteiger partial charge is 0.100 e. The summed E-state index contributed by atoms with van der Waals surface area (Å²) in [5.41, 5.74) is 0. The maximum Gasteiger partial charge on any atom is 0.100 e. The van der Waals surface area contributed by atoms with Gasteiger partial charge in [-0.2, -0.15) is 0 Å². The molecule has 0 aliphatic carbocycles. The fourth-order valence-electron chi connectivity index (χ4n) is 0.963. The maximum atomic E-state index is 8.99. The van der Waals surface area contributed by atoms with Crippen LogP contribution in [0, 0.1) is 0 Å². The van der Waals surface area contributed by atoms with E-state index in [1.165, 1.54) is 0 Å². The van der Waals surface area contributed by atoms with Crippen LogP contribution in [0.2, 0.25) is 0 Å². The zero-order chi connectivity index (χ0) is 6.91. The summed E-state index contributed by atoms with van der Waals surface area (Å²) in [5, 5.41) is 8.99. The second kappa shape index (κ2) is 2.03. The zero-order valence-electron chi connectivity index (χ0n) is 6.09.